The van der Waals surface area contributed by atoms with Gasteiger partial charge in [0.25, 0.3) is 0 Å². The molecular weight excluding hydrogens is 392 g/mol. The summed E-state index contributed by atoms with van der Waals surface area (Å²) in [6, 6.07) is 25.6. The lowest BCUT2D eigenvalue weighted by atomic mass is 10.0. The Bertz CT molecular complexity index is 1030. The first-order valence-electron chi connectivity index (χ1n) is 9.90. The minimum absolute atomic E-state index is 0.913. The summed E-state index contributed by atoms with van der Waals surface area (Å²) in [5.41, 5.74) is 2.71. The molecule has 3 heteroatoms. The topological polar surface area (TPSA) is 13.1 Å². The van der Waals surface area contributed by atoms with Crippen LogP contribution in [0.25, 0.3) is 10.8 Å². The lowest BCUT2D eigenvalue weighted by Crippen LogP contribution is -1.84. The molecule has 1 nitrogen and oxygen atoms in total. The van der Waals surface area contributed by atoms with E-state index in [1.165, 1.54) is 26.8 Å². The molecule has 0 spiro atoms. The Morgan fingerprint density at radius 1 is 0.724 bits per heavy atom. The largest absolute Gasteiger partial charge is 0.469 e. The molecular formula is C26H26OS2. The Kier molecular flexibility index (Phi) is 8.29. The van der Waals surface area contributed by atoms with E-state index in [0.717, 1.165) is 18.6 Å². The summed E-state index contributed by atoms with van der Waals surface area (Å²) in [6.07, 6.45) is 3.67. The van der Waals surface area contributed by atoms with E-state index >= 15 is 0 Å². The van der Waals surface area contributed by atoms with Crippen LogP contribution in [0.5, 0.6) is 0 Å². The van der Waals surface area contributed by atoms with Gasteiger partial charge >= 0.3 is 0 Å². The van der Waals surface area contributed by atoms with Crippen molar-refractivity contribution in [2.24, 2.45) is 0 Å². The lowest BCUT2D eigenvalue weighted by Gasteiger charge is -2.02. The molecule has 0 aliphatic rings. The maximum Gasteiger partial charge on any atom is 0.108 e. The molecule has 0 bridgehead atoms. The molecule has 2 aromatic carbocycles. The molecule has 0 aliphatic carbocycles. The molecule has 0 amide bonds. The molecule has 3 aromatic heterocycles. The average molecular weight is 419 g/mol. The number of rotatable bonds is 4. The number of fused-ring (bicyclic) bond motifs is 1. The van der Waals surface area contributed by atoms with Gasteiger partial charge in [-0.25, -0.2) is 0 Å². The monoisotopic (exact) mass is 418 g/mol. The second kappa shape index (κ2) is 11.4. The van der Waals surface area contributed by atoms with E-state index in [1.54, 1.807) is 17.6 Å². The number of hydrogen-bond acceptors (Lipinski definition) is 3. The summed E-state index contributed by atoms with van der Waals surface area (Å²) in [6.45, 7) is 4.00. The second-order valence-corrected chi connectivity index (χ2v) is 8.14. The maximum absolute atomic E-state index is 5.21. The molecule has 29 heavy (non-hydrogen) atoms. The van der Waals surface area contributed by atoms with Crippen molar-refractivity contribution in [1.82, 2.24) is 0 Å². The number of furan rings is 1. The van der Waals surface area contributed by atoms with Crippen molar-refractivity contribution in [1.29, 1.82) is 0 Å². The normalized spacial score (nSPS) is 10.0. The van der Waals surface area contributed by atoms with E-state index in [4.69, 9.17) is 4.42 Å². The quantitative estimate of drug-likeness (QED) is 0.285. The standard InChI is InChI=1S/C15H12S.C9H8OS.C2H6/c1-2-5-14-10-12(7-8-13(14)4-1)11-15-6-3-9-16-15;1-2-9(10-4-1)6-8-3-5-11-7-8;1-2/h1-10H,11H2;1-5,7H,6H2;1-2H3. The molecule has 0 unspecified atom stereocenters. The van der Waals surface area contributed by atoms with Crippen LogP contribution in [0.1, 0.15) is 35.6 Å². The van der Waals surface area contributed by atoms with Gasteiger partial charge in [0.05, 0.1) is 6.26 Å². The van der Waals surface area contributed by atoms with Crippen LogP contribution in [0.15, 0.2) is 99.6 Å². The Morgan fingerprint density at radius 2 is 1.59 bits per heavy atom. The summed E-state index contributed by atoms with van der Waals surface area (Å²) < 4.78 is 5.21. The van der Waals surface area contributed by atoms with Crippen LogP contribution in [0.2, 0.25) is 0 Å². The molecule has 0 atom stereocenters. The molecule has 5 aromatic rings. The minimum atomic E-state index is 0.913. The zero-order chi connectivity index (χ0) is 20.3. The van der Waals surface area contributed by atoms with E-state index in [1.807, 2.05) is 37.3 Å². The van der Waals surface area contributed by atoms with E-state index in [0.29, 0.717) is 0 Å². The first kappa shape index (κ1) is 21.1. The highest BCUT2D eigenvalue weighted by molar-refractivity contribution is 7.09. The Hall–Kier alpha value is -2.62. The van der Waals surface area contributed by atoms with Gasteiger partial charge < -0.3 is 4.42 Å². The Balaban J connectivity index is 0.000000162. The van der Waals surface area contributed by atoms with Crippen LogP contribution in [-0.2, 0) is 12.8 Å². The molecule has 0 saturated heterocycles. The molecule has 0 aliphatic heterocycles. The number of hydrogen-bond donors (Lipinski definition) is 0. The SMILES string of the molecule is CC.c1coc(Cc2ccsc2)c1.c1csc(Cc2ccc3ccccc3c2)c1. The van der Waals surface area contributed by atoms with Crippen LogP contribution in [0, 0.1) is 0 Å². The van der Waals surface area contributed by atoms with Crippen LogP contribution in [-0.4, -0.2) is 0 Å². The van der Waals surface area contributed by atoms with Crippen molar-refractivity contribution in [3.05, 3.63) is 117 Å². The first-order chi connectivity index (χ1) is 14.4. The average Bonchev–Trinajstić information content (AvgIpc) is 3.55. The van der Waals surface area contributed by atoms with Crippen molar-refractivity contribution in [3.8, 4) is 0 Å². The highest BCUT2D eigenvalue weighted by Crippen LogP contribution is 2.20. The number of thiophene rings is 2. The molecule has 0 saturated carbocycles. The number of benzene rings is 2. The fourth-order valence-corrected chi connectivity index (χ4v) is 4.38. The fourth-order valence-electron chi connectivity index (χ4n) is 2.97. The third-order valence-corrected chi connectivity index (χ3v) is 5.92. The summed E-state index contributed by atoms with van der Waals surface area (Å²) >= 11 is 3.54. The van der Waals surface area contributed by atoms with Gasteiger partial charge in [0.2, 0.25) is 0 Å². The highest BCUT2D eigenvalue weighted by Gasteiger charge is 1.99. The maximum atomic E-state index is 5.21. The van der Waals surface area contributed by atoms with Crippen molar-refractivity contribution in [2.45, 2.75) is 26.7 Å². The summed E-state index contributed by atoms with van der Waals surface area (Å²) in [5.74, 6) is 1.03. The van der Waals surface area contributed by atoms with Gasteiger partial charge in [-0.05, 0) is 62.3 Å². The highest BCUT2D eigenvalue weighted by atomic mass is 32.1. The van der Waals surface area contributed by atoms with Crippen molar-refractivity contribution in [3.63, 3.8) is 0 Å². The van der Waals surface area contributed by atoms with Crippen molar-refractivity contribution < 1.29 is 4.42 Å². The van der Waals surface area contributed by atoms with Crippen molar-refractivity contribution in [2.75, 3.05) is 0 Å². The fraction of sp³-hybridized carbons (Fsp3) is 0.154. The van der Waals surface area contributed by atoms with Gasteiger partial charge in [-0.2, -0.15) is 11.3 Å². The van der Waals surface area contributed by atoms with Crippen LogP contribution in [0.3, 0.4) is 0 Å². The van der Waals surface area contributed by atoms with Gasteiger partial charge in [-0.1, -0.05) is 62.4 Å². The molecule has 5 rings (SSSR count). The van der Waals surface area contributed by atoms with E-state index in [2.05, 4.69) is 76.8 Å². The smallest absolute Gasteiger partial charge is 0.108 e. The Morgan fingerprint density at radius 3 is 2.28 bits per heavy atom. The zero-order valence-corrected chi connectivity index (χ0v) is 18.5. The van der Waals surface area contributed by atoms with Crippen LogP contribution >= 0.6 is 22.7 Å². The predicted octanol–water partition coefficient (Wildman–Crippen LogP) is 8.45. The summed E-state index contributed by atoms with van der Waals surface area (Å²) in [7, 11) is 0. The molecule has 3 heterocycles. The van der Waals surface area contributed by atoms with Crippen LogP contribution in [0.4, 0.5) is 0 Å². The van der Waals surface area contributed by atoms with E-state index in [-0.39, 0.29) is 0 Å². The van der Waals surface area contributed by atoms with Gasteiger partial charge in [0, 0.05) is 17.7 Å². The first-order valence-corrected chi connectivity index (χ1v) is 11.7. The van der Waals surface area contributed by atoms with E-state index < -0.39 is 0 Å². The molecule has 148 valence electrons. The molecule has 0 radical (unpaired) electrons. The summed E-state index contributed by atoms with van der Waals surface area (Å²) in [5, 5.41) is 9.01. The van der Waals surface area contributed by atoms with E-state index in [9.17, 15) is 0 Å². The second-order valence-electron chi connectivity index (χ2n) is 6.33. The Labute approximate surface area is 181 Å². The predicted molar refractivity (Wildman–Crippen MR) is 128 cm³/mol. The third kappa shape index (κ3) is 6.45. The van der Waals surface area contributed by atoms with Crippen LogP contribution < -0.4 is 0 Å². The molecule has 0 N–H and O–H groups in total. The third-order valence-electron chi connectivity index (χ3n) is 4.31. The zero-order valence-electron chi connectivity index (χ0n) is 16.9. The van der Waals surface area contributed by atoms with Gasteiger partial charge in [0.1, 0.15) is 5.76 Å². The van der Waals surface area contributed by atoms with Gasteiger partial charge in [0.15, 0.2) is 0 Å². The lowest BCUT2D eigenvalue weighted by molar-refractivity contribution is 0.521. The van der Waals surface area contributed by atoms with Crippen molar-refractivity contribution >= 4 is 33.4 Å². The molecule has 0 fully saturated rings. The van der Waals surface area contributed by atoms with Gasteiger partial charge in [-0.3, -0.25) is 0 Å². The minimum Gasteiger partial charge on any atom is -0.469 e. The van der Waals surface area contributed by atoms with Gasteiger partial charge in [-0.15, -0.1) is 11.3 Å². The summed E-state index contributed by atoms with van der Waals surface area (Å²) in [4.78, 5) is 1.43.